The molecule has 36 heavy (non-hydrogen) atoms. The van der Waals surface area contributed by atoms with Gasteiger partial charge in [0.2, 0.25) is 0 Å². The van der Waals surface area contributed by atoms with Gasteiger partial charge in [-0.25, -0.2) is 4.79 Å². The first-order valence-electron chi connectivity index (χ1n) is 13.4. The molecule has 4 atom stereocenters. The van der Waals surface area contributed by atoms with Crippen molar-refractivity contribution in [2.24, 2.45) is 0 Å². The number of nitrogens with two attached hydrogens (primary N) is 1. The van der Waals surface area contributed by atoms with E-state index in [0.29, 0.717) is 12.0 Å². The van der Waals surface area contributed by atoms with E-state index in [0.717, 1.165) is 23.8 Å². The lowest BCUT2D eigenvalue weighted by molar-refractivity contribution is -0.150. The summed E-state index contributed by atoms with van der Waals surface area (Å²) in [7, 11) is 0. The molecule has 2 heterocycles. The van der Waals surface area contributed by atoms with Gasteiger partial charge in [-0.15, -0.1) is 12.4 Å². The molecule has 1 aromatic heterocycles. The lowest BCUT2D eigenvalue weighted by atomic mass is 10.0. The number of carbonyl (C=O) groups is 1. The SMILES string of the molecule is CCCCCCCCCCCCCCCC(=O)OC[C@H]1O[C@@H](n2cc(C)c(N)nc2=O)[C@@H](O)[C@@H]1O.Cl. The van der Waals surface area contributed by atoms with E-state index in [-0.39, 0.29) is 30.8 Å². The molecular weight excluding hydrogens is 486 g/mol. The fraction of sp³-hybridized carbons (Fsp3) is 0.808. The summed E-state index contributed by atoms with van der Waals surface area (Å²) in [5, 5.41) is 20.6. The van der Waals surface area contributed by atoms with Gasteiger partial charge >= 0.3 is 11.7 Å². The zero-order valence-electron chi connectivity index (χ0n) is 21.9. The number of nitrogen functional groups attached to an aromatic ring is 1. The number of rotatable bonds is 17. The van der Waals surface area contributed by atoms with E-state index in [4.69, 9.17) is 15.2 Å². The van der Waals surface area contributed by atoms with Gasteiger partial charge < -0.3 is 25.4 Å². The number of aliphatic hydroxyl groups is 2. The van der Waals surface area contributed by atoms with Crippen molar-refractivity contribution in [3.8, 4) is 0 Å². The van der Waals surface area contributed by atoms with Crippen molar-refractivity contribution in [3.05, 3.63) is 22.2 Å². The summed E-state index contributed by atoms with van der Waals surface area (Å²) in [6.45, 7) is 3.72. The maximum Gasteiger partial charge on any atom is 0.351 e. The van der Waals surface area contributed by atoms with Gasteiger partial charge in [-0.2, -0.15) is 4.98 Å². The molecule has 1 aliphatic heterocycles. The van der Waals surface area contributed by atoms with Gasteiger partial charge in [0.25, 0.3) is 0 Å². The number of esters is 1. The van der Waals surface area contributed by atoms with Crippen LogP contribution in [0.15, 0.2) is 11.0 Å². The Morgan fingerprint density at radius 1 is 1.00 bits per heavy atom. The zero-order chi connectivity index (χ0) is 25.6. The normalized spacial score (nSPS) is 21.3. The average molecular weight is 532 g/mol. The van der Waals surface area contributed by atoms with Crippen LogP contribution in [0.1, 0.15) is 109 Å². The Kier molecular flexibility index (Phi) is 15.9. The second-order valence-corrected chi connectivity index (χ2v) is 9.72. The van der Waals surface area contributed by atoms with E-state index < -0.39 is 30.2 Å². The van der Waals surface area contributed by atoms with Crippen molar-refractivity contribution >= 4 is 24.2 Å². The van der Waals surface area contributed by atoms with Crippen LogP contribution < -0.4 is 11.4 Å². The van der Waals surface area contributed by atoms with Crippen molar-refractivity contribution in [2.75, 3.05) is 12.3 Å². The third-order valence-electron chi connectivity index (χ3n) is 6.68. The van der Waals surface area contributed by atoms with E-state index in [1.807, 2.05) is 0 Å². The van der Waals surface area contributed by atoms with Crippen LogP contribution in [-0.2, 0) is 14.3 Å². The van der Waals surface area contributed by atoms with Crippen molar-refractivity contribution < 1.29 is 24.5 Å². The zero-order valence-corrected chi connectivity index (χ0v) is 22.7. The van der Waals surface area contributed by atoms with Crippen molar-refractivity contribution in [3.63, 3.8) is 0 Å². The summed E-state index contributed by atoms with van der Waals surface area (Å²) < 4.78 is 12.0. The first-order valence-corrected chi connectivity index (χ1v) is 13.4. The van der Waals surface area contributed by atoms with E-state index in [9.17, 15) is 19.8 Å². The number of nitrogens with zero attached hydrogens (tertiary/aromatic N) is 2. The minimum Gasteiger partial charge on any atom is -0.463 e. The van der Waals surface area contributed by atoms with E-state index in [1.54, 1.807) is 6.92 Å². The monoisotopic (exact) mass is 531 g/mol. The quantitative estimate of drug-likeness (QED) is 0.201. The maximum absolute atomic E-state index is 12.1. The molecule has 0 bridgehead atoms. The molecular formula is C26H46ClN3O6. The summed E-state index contributed by atoms with van der Waals surface area (Å²) in [6.07, 6.45) is 13.1. The third-order valence-corrected chi connectivity index (χ3v) is 6.68. The largest absolute Gasteiger partial charge is 0.463 e. The highest BCUT2D eigenvalue weighted by atomic mass is 35.5. The van der Waals surface area contributed by atoms with Crippen LogP contribution in [0.5, 0.6) is 0 Å². The number of ether oxygens (including phenoxy) is 2. The second kappa shape index (κ2) is 17.7. The number of halogens is 1. The van der Waals surface area contributed by atoms with Gasteiger partial charge in [0.05, 0.1) is 0 Å². The van der Waals surface area contributed by atoms with E-state index in [2.05, 4.69) is 11.9 Å². The molecule has 1 fully saturated rings. The lowest BCUT2D eigenvalue weighted by Gasteiger charge is -2.18. The van der Waals surface area contributed by atoms with Crippen molar-refractivity contribution in [2.45, 2.75) is 128 Å². The average Bonchev–Trinajstić information content (AvgIpc) is 3.11. The summed E-state index contributed by atoms with van der Waals surface area (Å²) in [4.78, 5) is 27.9. The number of hydrogen-bond acceptors (Lipinski definition) is 8. The minimum absolute atomic E-state index is 0. The highest BCUT2D eigenvalue weighted by molar-refractivity contribution is 5.85. The Morgan fingerprint density at radius 3 is 2.08 bits per heavy atom. The van der Waals surface area contributed by atoms with Crippen LogP contribution in [0.2, 0.25) is 0 Å². The Hall–Kier alpha value is -1.68. The first kappa shape index (κ1) is 32.3. The molecule has 1 aliphatic rings. The second-order valence-electron chi connectivity index (χ2n) is 9.72. The van der Waals surface area contributed by atoms with Crippen LogP contribution in [0, 0.1) is 6.92 Å². The van der Waals surface area contributed by atoms with Crippen LogP contribution in [0.3, 0.4) is 0 Å². The third kappa shape index (κ3) is 10.7. The fourth-order valence-corrected chi connectivity index (χ4v) is 4.39. The summed E-state index contributed by atoms with van der Waals surface area (Å²) >= 11 is 0. The van der Waals surface area contributed by atoms with Crippen LogP contribution in [0.4, 0.5) is 5.82 Å². The predicted octanol–water partition coefficient (Wildman–Crippen LogP) is 4.20. The number of carbonyl (C=O) groups excluding carboxylic acids is 1. The number of aromatic nitrogens is 2. The maximum atomic E-state index is 12.1. The standard InChI is InChI=1S/C26H45N3O6.ClH/c1-3-4-5-6-7-8-9-10-11-12-13-14-15-16-21(30)34-18-20-22(31)23(32)25(35-20)29-17-19(2)24(27)28-26(29)33;/h17,20,22-23,25,31-32H,3-16,18H2,1-2H3,(H2,27,28,33);1H/t20-,22-,23+,25-;/m1./s1. The fourth-order valence-electron chi connectivity index (χ4n) is 4.39. The number of aliphatic hydroxyl groups excluding tert-OH is 2. The molecule has 10 heteroatoms. The van der Waals surface area contributed by atoms with Crippen molar-refractivity contribution in [1.82, 2.24) is 9.55 Å². The number of aryl methyl sites for hydroxylation is 1. The molecule has 0 amide bonds. The topological polar surface area (TPSA) is 137 Å². The highest BCUT2D eigenvalue weighted by Crippen LogP contribution is 2.29. The number of anilines is 1. The van der Waals surface area contributed by atoms with Crippen LogP contribution >= 0.6 is 12.4 Å². The van der Waals surface area contributed by atoms with Gasteiger partial charge in [0, 0.05) is 18.2 Å². The molecule has 2 rings (SSSR count). The minimum atomic E-state index is -1.36. The first-order chi connectivity index (χ1) is 16.8. The van der Waals surface area contributed by atoms with Gasteiger partial charge in [-0.1, -0.05) is 84.0 Å². The Balaban J connectivity index is 0.00000648. The summed E-state index contributed by atoms with van der Waals surface area (Å²) in [6, 6.07) is 0. The number of unbranched alkanes of at least 4 members (excludes halogenated alkanes) is 12. The summed E-state index contributed by atoms with van der Waals surface area (Å²) in [5.41, 5.74) is 5.49. The molecule has 0 aromatic carbocycles. The van der Waals surface area contributed by atoms with E-state index in [1.165, 1.54) is 70.4 Å². The Morgan fingerprint density at radius 2 is 1.53 bits per heavy atom. The van der Waals surface area contributed by atoms with E-state index >= 15 is 0 Å². The smallest absolute Gasteiger partial charge is 0.351 e. The van der Waals surface area contributed by atoms with Gasteiger partial charge in [0.1, 0.15) is 30.7 Å². The van der Waals surface area contributed by atoms with Crippen molar-refractivity contribution in [1.29, 1.82) is 0 Å². The molecule has 0 spiro atoms. The van der Waals surface area contributed by atoms with Crippen LogP contribution in [-0.4, -0.2) is 50.7 Å². The molecule has 208 valence electrons. The predicted molar refractivity (Wildman–Crippen MR) is 142 cm³/mol. The molecule has 4 N–H and O–H groups in total. The number of hydrogen-bond donors (Lipinski definition) is 3. The molecule has 0 radical (unpaired) electrons. The molecule has 9 nitrogen and oxygen atoms in total. The molecule has 0 saturated carbocycles. The lowest BCUT2D eigenvalue weighted by Crippen LogP contribution is -2.36. The Bertz CT molecular complexity index is 821. The Labute approximate surface area is 221 Å². The van der Waals surface area contributed by atoms with Gasteiger partial charge in [-0.3, -0.25) is 9.36 Å². The molecule has 1 saturated heterocycles. The van der Waals surface area contributed by atoms with Crippen LogP contribution in [0.25, 0.3) is 0 Å². The highest BCUT2D eigenvalue weighted by Gasteiger charge is 2.44. The van der Waals surface area contributed by atoms with Gasteiger partial charge in [-0.05, 0) is 13.3 Å². The van der Waals surface area contributed by atoms with Gasteiger partial charge in [0.15, 0.2) is 6.23 Å². The molecule has 0 unspecified atom stereocenters. The molecule has 0 aliphatic carbocycles. The molecule has 1 aromatic rings. The summed E-state index contributed by atoms with van der Waals surface area (Å²) in [5.74, 6) is -0.262.